The molecule has 0 atom stereocenters. The van der Waals surface area contributed by atoms with Gasteiger partial charge in [-0.3, -0.25) is 14.9 Å². The molecule has 0 bridgehead atoms. The SMILES string of the molecule is O=C(Nc1cc(F)ccc1F)C1CCN(c2ccccc2[N+](=O)[O-])CC1. The molecule has 2 aromatic carbocycles. The molecule has 1 saturated heterocycles. The molecular weight excluding hydrogens is 344 g/mol. The number of nitrogens with zero attached hydrogens (tertiary/aromatic N) is 2. The maximum atomic E-state index is 13.6. The zero-order valence-electron chi connectivity index (χ0n) is 13.8. The number of para-hydroxylation sites is 2. The molecule has 1 amide bonds. The summed E-state index contributed by atoms with van der Waals surface area (Å²) in [5, 5.41) is 13.6. The van der Waals surface area contributed by atoms with E-state index in [0.29, 0.717) is 31.6 Å². The van der Waals surface area contributed by atoms with Crippen LogP contribution in [-0.2, 0) is 4.79 Å². The van der Waals surface area contributed by atoms with Crippen molar-refractivity contribution in [1.82, 2.24) is 0 Å². The smallest absolute Gasteiger partial charge is 0.292 e. The Hall–Kier alpha value is -3.03. The Labute approximate surface area is 148 Å². The van der Waals surface area contributed by atoms with E-state index in [4.69, 9.17) is 0 Å². The van der Waals surface area contributed by atoms with Crippen LogP contribution in [0, 0.1) is 27.7 Å². The predicted octanol–water partition coefficient (Wildman–Crippen LogP) is 3.73. The highest BCUT2D eigenvalue weighted by atomic mass is 19.1. The van der Waals surface area contributed by atoms with Gasteiger partial charge in [0.05, 0.1) is 10.6 Å². The number of halogens is 2. The van der Waals surface area contributed by atoms with Gasteiger partial charge < -0.3 is 10.2 Å². The summed E-state index contributed by atoms with van der Waals surface area (Å²) in [4.78, 5) is 24.9. The van der Waals surface area contributed by atoms with Gasteiger partial charge in [-0.25, -0.2) is 8.78 Å². The van der Waals surface area contributed by atoms with Crippen molar-refractivity contribution in [2.75, 3.05) is 23.3 Å². The summed E-state index contributed by atoms with van der Waals surface area (Å²) >= 11 is 0. The van der Waals surface area contributed by atoms with Gasteiger partial charge in [-0.05, 0) is 31.0 Å². The fraction of sp³-hybridized carbons (Fsp3) is 0.278. The summed E-state index contributed by atoms with van der Waals surface area (Å²) in [5.74, 6) is -2.07. The van der Waals surface area contributed by atoms with Gasteiger partial charge in [-0.2, -0.15) is 0 Å². The van der Waals surface area contributed by atoms with E-state index in [0.717, 1.165) is 18.2 Å². The molecule has 1 N–H and O–H groups in total. The van der Waals surface area contributed by atoms with Crippen molar-refractivity contribution in [1.29, 1.82) is 0 Å². The van der Waals surface area contributed by atoms with Crippen LogP contribution in [0.15, 0.2) is 42.5 Å². The topological polar surface area (TPSA) is 75.5 Å². The molecular formula is C18H17F2N3O3. The molecule has 3 rings (SSSR count). The molecule has 0 aliphatic carbocycles. The standard InChI is InChI=1S/C18H17F2N3O3/c19-13-5-6-14(20)15(11-13)21-18(24)12-7-9-22(10-8-12)16-3-1-2-4-17(16)23(25)26/h1-6,11-12H,7-10H2,(H,21,24). The third-order valence-corrected chi connectivity index (χ3v) is 4.47. The van der Waals surface area contributed by atoms with E-state index in [9.17, 15) is 23.7 Å². The van der Waals surface area contributed by atoms with Gasteiger partial charge in [0.1, 0.15) is 17.3 Å². The Morgan fingerprint density at radius 2 is 1.85 bits per heavy atom. The molecule has 2 aromatic rings. The number of hydrogen-bond acceptors (Lipinski definition) is 4. The van der Waals surface area contributed by atoms with Crippen LogP contribution in [0.25, 0.3) is 0 Å². The van der Waals surface area contributed by atoms with Crippen molar-refractivity contribution in [2.45, 2.75) is 12.8 Å². The summed E-state index contributed by atoms with van der Waals surface area (Å²) in [7, 11) is 0. The molecule has 1 aliphatic heterocycles. The molecule has 26 heavy (non-hydrogen) atoms. The highest BCUT2D eigenvalue weighted by Crippen LogP contribution is 2.31. The second-order valence-corrected chi connectivity index (χ2v) is 6.12. The van der Waals surface area contributed by atoms with Gasteiger partial charge in [-0.15, -0.1) is 0 Å². The van der Waals surface area contributed by atoms with Crippen molar-refractivity contribution < 1.29 is 18.5 Å². The third kappa shape index (κ3) is 3.79. The third-order valence-electron chi connectivity index (χ3n) is 4.47. The van der Waals surface area contributed by atoms with Gasteiger partial charge in [0.2, 0.25) is 5.91 Å². The number of nitro groups is 1. The number of anilines is 2. The first kappa shape index (κ1) is 17.8. The van der Waals surface area contributed by atoms with Crippen LogP contribution < -0.4 is 10.2 Å². The lowest BCUT2D eigenvalue weighted by atomic mass is 9.95. The minimum Gasteiger partial charge on any atom is -0.366 e. The van der Waals surface area contributed by atoms with Crippen LogP contribution in [-0.4, -0.2) is 23.9 Å². The number of rotatable bonds is 4. The second kappa shape index (κ2) is 7.47. The van der Waals surface area contributed by atoms with Crippen LogP contribution in [0.3, 0.4) is 0 Å². The number of amides is 1. The van der Waals surface area contributed by atoms with Crippen LogP contribution in [0.4, 0.5) is 25.8 Å². The van der Waals surface area contributed by atoms with E-state index in [1.54, 1.807) is 18.2 Å². The molecule has 0 saturated carbocycles. The highest BCUT2D eigenvalue weighted by molar-refractivity contribution is 5.92. The first-order valence-electron chi connectivity index (χ1n) is 8.20. The fourth-order valence-electron chi connectivity index (χ4n) is 3.10. The predicted molar refractivity (Wildman–Crippen MR) is 93.0 cm³/mol. The lowest BCUT2D eigenvalue weighted by molar-refractivity contribution is -0.384. The van der Waals surface area contributed by atoms with E-state index in [1.807, 2.05) is 4.90 Å². The van der Waals surface area contributed by atoms with E-state index in [-0.39, 0.29) is 23.2 Å². The van der Waals surface area contributed by atoms with Gasteiger partial charge in [0.25, 0.3) is 5.69 Å². The molecule has 0 unspecified atom stereocenters. The van der Waals surface area contributed by atoms with Crippen molar-refractivity contribution >= 4 is 23.0 Å². The first-order valence-corrected chi connectivity index (χ1v) is 8.20. The lowest BCUT2D eigenvalue weighted by Crippen LogP contribution is -2.38. The summed E-state index contributed by atoms with van der Waals surface area (Å²) in [6.45, 7) is 0.934. The molecule has 1 aliphatic rings. The molecule has 0 aromatic heterocycles. The average molecular weight is 361 g/mol. The lowest BCUT2D eigenvalue weighted by Gasteiger charge is -2.32. The van der Waals surface area contributed by atoms with Crippen molar-refractivity contribution in [3.05, 3.63) is 64.2 Å². The van der Waals surface area contributed by atoms with E-state index < -0.39 is 16.6 Å². The van der Waals surface area contributed by atoms with Crippen LogP contribution in [0.2, 0.25) is 0 Å². The monoisotopic (exact) mass is 361 g/mol. The Balaban J connectivity index is 1.64. The average Bonchev–Trinajstić information content (AvgIpc) is 2.65. The van der Waals surface area contributed by atoms with E-state index in [1.165, 1.54) is 6.07 Å². The Morgan fingerprint density at radius 1 is 1.15 bits per heavy atom. The van der Waals surface area contributed by atoms with Crippen molar-refractivity contribution in [2.24, 2.45) is 5.92 Å². The van der Waals surface area contributed by atoms with Crippen molar-refractivity contribution in [3.8, 4) is 0 Å². The van der Waals surface area contributed by atoms with Crippen LogP contribution >= 0.6 is 0 Å². The quantitative estimate of drug-likeness (QED) is 0.665. The molecule has 8 heteroatoms. The minimum absolute atomic E-state index is 0.0252. The van der Waals surface area contributed by atoms with Gasteiger partial charge in [0.15, 0.2) is 0 Å². The number of carbonyl (C=O) groups is 1. The first-order chi connectivity index (χ1) is 12.5. The number of nitrogens with one attached hydrogen (secondary N) is 1. The minimum atomic E-state index is -0.697. The largest absolute Gasteiger partial charge is 0.366 e. The zero-order chi connectivity index (χ0) is 18.7. The number of piperidine rings is 1. The van der Waals surface area contributed by atoms with Gasteiger partial charge >= 0.3 is 0 Å². The Morgan fingerprint density at radius 3 is 2.54 bits per heavy atom. The molecule has 0 radical (unpaired) electrons. The summed E-state index contributed by atoms with van der Waals surface area (Å²) in [6, 6.07) is 9.35. The fourth-order valence-corrected chi connectivity index (χ4v) is 3.10. The maximum Gasteiger partial charge on any atom is 0.292 e. The van der Waals surface area contributed by atoms with Crippen molar-refractivity contribution in [3.63, 3.8) is 0 Å². The number of benzene rings is 2. The summed E-state index contributed by atoms with van der Waals surface area (Å²) in [6.07, 6.45) is 0.934. The molecule has 0 spiro atoms. The van der Waals surface area contributed by atoms with Gasteiger partial charge in [0, 0.05) is 31.1 Å². The highest BCUT2D eigenvalue weighted by Gasteiger charge is 2.28. The molecule has 1 heterocycles. The zero-order valence-corrected chi connectivity index (χ0v) is 13.8. The van der Waals surface area contributed by atoms with E-state index in [2.05, 4.69) is 5.32 Å². The maximum absolute atomic E-state index is 13.6. The second-order valence-electron chi connectivity index (χ2n) is 6.12. The Kier molecular flexibility index (Phi) is 5.11. The number of hydrogen-bond donors (Lipinski definition) is 1. The van der Waals surface area contributed by atoms with E-state index >= 15 is 0 Å². The normalized spacial score (nSPS) is 14.9. The number of nitro benzene ring substituents is 1. The molecule has 136 valence electrons. The summed E-state index contributed by atoms with van der Waals surface area (Å²) in [5.41, 5.74) is 0.362. The van der Waals surface area contributed by atoms with Crippen LogP contribution in [0.1, 0.15) is 12.8 Å². The summed E-state index contributed by atoms with van der Waals surface area (Å²) < 4.78 is 26.8. The van der Waals surface area contributed by atoms with Gasteiger partial charge in [-0.1, -0.05) is 12.1 Å². The molecule has 6 nitrogen and oxygen atoms in total. The number of carbonyl (C=O) groups excluding carboxylic acids is 1. The van der Waals surface area contributed by atoms with Crippen LogP contribution in [0.5, 0.6) is 0 Å². The molecule has 1 fully saturated rings. The Bertz CT molecular complexity index is 836.